The van der Waals surface area contributed by atoms with Crippen LogP contribution in [0.15, 0.2) is 138 Å². The summed E-state index contributed by atoms with van der Waals surface area (Å²) in [6.07, 6.45) is 6.71. The summed E-state index contributed by atoms with van der Waals surface area (Å²) in [6.45, 7) is 1.11. The van der Waals surface area contributed by atoms with Crippen LogP contribution >= 0.6 is 0 Å². The molecule has 0 saturated carbocycles. The third-order valence-corrected chi connectivity index (χ3v) is 7.51. The largest absolute Gasteiger partial charge is 0.492 e. The van der Waals surface area contributed by atoms with E-state index in [9.17, 15) is 14.4 Å². The van der Waals surface area contributed by atoms with Crippen molar-refractivity contribution in [3.8, 4) is 5.75 Å². The Balaban J connectivity index is 1.21. The minimum atomic E-state index is -0.732. The molecule has 0 radical (unpaired) electrons. The molecule has 5 rings (SSSR count). The number of hydrogen-bond donors (Lipinski definition) is 1. The van der Waals surface area contributed by atoms with Crippen LogP contribution in [0.25, 0.3) is 6.08 Å². The van der Waals surface area contributed by atoms with Crippen molar-refractivity contribution in [1.29, 1.82) is 0 Å². The van der Waals surface area contributed by atoms with E-state index in [1.54, 1.807) is 59.9 Å². The number of carbonyl (C=O) groups is 3. The zero-order chi connectivity index (χ0) is 32.8. The van der Waals surface area contributed by atoms with Crippen LogP contribution in [0.1, 0.15) is 32.6 Å². The van der Waals surface area contributed by atoms with E-state index in [1.807, 2.05) is 78.9 Å². The molecular weight excluding hydrogens is 592 g/mol. The lowest BCUT2D eigenvalue weighted by Gasteiger charge is -2.22. The van der Waals surface area contributed by atoms with Crippen LogP contribution in [0, 0.1) is 0 Å². The highest BCUT2D eigenvalue weighted by Crippen LogP contribution is 2.22. The van der Waals surface area contributed by atoms with E-state index in [-0.39, 0.29) is 18.3 Å². The summed E-state index contributed by atoms with van der Waals surface area (Å²) in [5.74, 6) is -0.0901. The van der Waals surface area contributed by atoms with Crippen LogP contribution < -0.4 is 10.1 Å². The van der Waals surface area contributed by atoms with Gasteiger partial charge in [0.15, 0.2) is 5.78 Å². The third kappa shape index (κ3) is 9.31. The maximum atomic E-state index is 13.2. The molecule has 238 valence electrons. The minimum absolute atomic E-state index is 0.137. The Morgan fingerprint density at radius 3 is 2.23 bits per heavy atom. The van der Waals surface area contributed by atoms with Crippen molar-refractivity contribution < 1.29 is 28.3 Å². The van der Waals surface area contributed by atoms with Gasteiger partial charge in [-0.15, -0.1) is 0 Å². The van der Waals surface area contributed by atoms with Crippen molar-refractivity contribution in [2.75, 3.05) is 25.6 Å². The highest BCUT2D eigenvalue weighted by Gasteiger charge is 2.23. The number of para-hydroxylation sites is 1. The predicted molar refractivity (Wildman–Crippen MR) is 181 cm³/mol. The van der Waals surface area contributed by atoms with Crippen molar-refractivity contribution in [3.05, 3.63) is 162 Å². The second-order valence-electron chi connectivity index (χ2n) is 10.8. The van der Waals surface area contributed by atoms with Crippen LogP contribution in [0.5, 0.6) is 5.75 Å². The van der Waals surface area contributed by atoms with Gasteiger partial charge in [-0.3, -0.25) is 9.59 Å². The van der Waals surface area contributed by atoms with Gasteiger partial charge in [-0.2, -0.15) is 0 Å². The first kappa shape index (κ1) is 32.5. The van der Waals surface area contributed by atoms with Gasteiger partial charge in [0.05, 0.1) is 26.2 Å². The van der Waals surface area contributed by atoms with E-state index < -0.39 is 12.0 Å². The standard InChI is InChI=1S/C39H36N2O6/c1-45-39(44)36(40-35-15-9-8-14-34(35)38(43)32-12-6-3-7-13-32)26-29-16-19-33(20-17-29)47-25-23-41(27-30-10-4-2-5-11-30)37(42)21-18-31-22-24-46-28-31/h2-22,24,28,36,40H,23,25-27H2,1H3. The molecule has 4 aromatic carbocycles. The quantitative estimate of drug-likeness (QED) is 0.0771. The molecule has 1 atom stereocenters. The molecule has 1 N–H and O–H groups in total. The van der Waals surface area contributed by atoms with Crippen molar-refractivity contribution in [1.82, 2.24) is 4.90 Å². The van der Waals surface area contributed by atoms with Gasteiger partial charge in [0.1, 0.15) is 18.4 Å². The Labute approximate surface area is 274 Å². The van der Waals surface area contributed by atoms with E-state index in [1.165, 1.54) is 13.2 Å². The fraction of sp³-hybridized carbons (Fsp3) is 0.154. The van der Waals surface area contributed by atoms with Crippen molar-refractivity contribution in [2.24, 2.45) is 0 Å². The average Bonchev–Trinajstić information content (AvgIpc) is 3.65. The summed E-state index contributed by atoms with van der Waals surface area (Å²) >= 11 is 0. The Bertz CT molecular complexity index is 1770. The highest BCUT2D eigenvalue weighted by molar-refractivity contribution is 6.12. The summed E-state index contributed by atoms with van der Waals surface area (Å²) in [5.41, 5.74) is 4.27. The second kappa shape index (κ2) is 16.4. The minimum Gasteiger partial charge on any atom is -0.492 e. The van der Waals surface area contributed by atoms with Crippen molar-refractivity contribution in [2.45, 2.75) is 19.0 Å². The lowest BCUT2D eigenvalue weighted by Crippen LogP contribution is -2.33. The molecule has 0 spiro atoms. The topological polar surface area (TPSA) is 98.1 Å². The highest BCUT2D eigenvalue weighted by atomic mass is 16.5. The number of anilines is 1. The molecule has 1 amide bonds. The monoisotopic (exact) mass is 628 g/mol. The number of hydrogen-bond acceptors (Lipinski definition) is 7. The average molecular weight is 629 g/mol. The van der Waals surface area contributed by atoms with Gasteiger partial charge in [-0.25, -0.2) is 4.79 Å². The first-order valence-electron chi connectivity index (χ1n) is 15.3. The summed E-state index contributed by atoms with van der Waals surface area (Å²) in [4.78, 5) is 40.8. The molecule has 0 fully saturated rings. The van der Waals surface area contributed by atoms with Crippen molar-refractivity contribution in [3.63, 3.8) is 0 Å². The smallest absolute Gasteiger partial charge is 0.328 e. The maximum absolute atomic E-state index is 13.2. The summed E-state index contributed by atoms with van der Waals surface area (Å²) in [6, 6.07) is 34.4. The molecular formula is C39H36N2O6. The summed E-state index contributed by atoms with van der Waals surface area (Å²) < 4.78 is 16.2. The molecule has 0 aliphatic carbocycles. The molecule has 1 heterocycles. The zero-order valence-corrected chi connectivity index (χ0v) is 26.1. The number of amides is 1. The molecule has 5 aromatic rings. The first-order valence-corrected chi connectivity index (χ1v) is 15.3. The lowest BCUT2D eigenvalue weighted by molar-refractivity contribution is -0.141. The predicted octanol–water partition coefficient (Wildman–Crippen LogP) is 6.83. The SMILES string of the molecule is COC(=O)C(Cc1ccc(OCCN(Cc2ccccc2)C(=O)C=Cc2ccoc2)cc1)Nc1ccccc1C(=O)c1ccccc1. The van der Waals surface area contributed by atoms with Crippen LogP contribution in [0.2, 0.25) is 0 Å². The van der Waals surface area contributed by atoms with Gasteiger partial charge in [0.2, 0.25) is 5.91 Å². The maximum Gasteiger partial charge on any atom is 0.328 e. The fourth-order valence-electron chi connectivity index (χ4n) is 5.02. The fourth-order valence-corrected chi connectivity index (χ4v) is 5.02. The molecule has 47 heavy (non-hydrogen) atoms. The van der Waals surface area contributed by atoms with Crippen molar-refractivity contribution >= 4 is 29.4 Å². The third-order valence-electron chi connectivity index (χ3n) is 7.51. The number of rotatable bonds is 15. The van der Waals surface area contributed by atoms with Gasteiger partial charge in [-0.05, 0) is 47.5 Å². The number of benzene rings is 4. The lowest BCUT2D eigenvalue weighted by atomic mass is 10.00. The van der Waals surface area contributed by atoms with E-state index in [4.69, 9.17) is 13.9 Å². The van der Waals surface area contributed by atoms with Crippen LogP contribution in [-0.2, 0) is 27.3 Å². The van der Waals surface area contributed by atoms with E-state index in [0.29, 0.717) is 42.1 Å². The Morgan fingerprint density at radius 2 is 1.53 bits per heavy atom. The number of nitrogens with one attached hydrogen (secondary N) is 1. The van der Waals surface area contributed by atoms with Gasteiger partial charge >= 0.3 is 5.97 Å². The molecule has 0 aliphatic rings. The van der Waals surface area contributed by atoms with Crippen LogP contribution in [0.4, 0.5) is 5.69 Å². The molecule has 1 unspecified atom stereocenters. The molecule has 0 saturated heterocycles. The Morgan fingerprint density at radius 1 is 0.830 bits per heavy atom. The van der Waals surface area contributed by atoms with Crippen LogP contribution in [0.3, 0.4) is 0 Å². The molecule has 0 aliphatic heterocycles. The molecule has 8 nitrogen and oxygen atoms in total. The summed E-state index contributed by atoms with van der Waals surface area (Å²) in [5, 5.41) is 3.23. The van der Waals surface area contributed by atoms with E-state index in [0.717, 1.165) is 16.7 Å². The zero-order valence-electron chi connectivity index (χ0n) is 26.1. The number of carbonyl (C=O) groups excluding carboxylic acids is 3. The Hall–Kier alpha value is -5.89. The number of ether oxygens (including phenoxy) is 2. The first-order chi connectivity index (χ1) is 23.0. The Kier molecular flexibility index (Phi) is 11.4. The van der Waals surface area contributed by atoms with Gasteiger partial charge in [0, 0.05) is 41.4 Å². The molecule has 0 bridgehead atoms. The summed E-state index contributed by atoms with van der Waals surface area (Å²) in [7, 11) is 1.34. The molecule has 1 aromatic heterocycles. The number of methoxy groups -OCH3 is 1. The number of esters is 1. The van der Waals surface area contributed by atoms with Gasteiger partial charge in [-0.1, -0.05) is 84.9 Å². The number of furan rings is 1. The number of nitrogens with zero attached hydrogens (tertiary/aromatic N) is 1. The second-order valence-corrected chi connectivity index (χ2v) is 10.8. The van der Waals surface area contributed by atoms with Gasteiger partial charge in [0.25, 0.3) is 0 Å². The normalized spacial score (nSPS) is 11.5. The van der Waals surface area contributed by atoms with E-state index >= 15 is 0 Å². The molecule has 8 heteroatoms. The number of ketones is 1. The van der Waals surface area contributed by atoms with Gasteiger partial charge < -0.3 is 24.1 Å². The van der Waals surface area contributed by atoms with Crippen LogP contribution in [-0.4, -0.2) is 48.9 Å². The van der Waals surface area contributed by atoms with E-state index in [2.05, 4.69) is 5.32 Å².